The molecule has 0 bridgehead atoms. The summed E-state index contributed by atoms with van der Waals surface area (Å²) in [4.78, 5) is 29.8. The van der Waals surface area contributed by atoms with Gasteiger partial charge >= 0.3 is 5.97 Å². The highest BCUT2D eigenvalue weighted by atomic mass is 19.2. The molecule has 210 valence electrons. The zero-order valence-electron chi connectivity index (χ0n) is 22.0. The second kappa shape index (κ2) is 11.8. The number of hydrogen-bond acceptors (Lipinski definition) is 5. The Balaban J connectivity index is 1.56. The third-order valence-corrected chi connectivity index (χ3v) is 5.87. The Morgan fingerprint density at radius 1 is 0.975 bits per heavy atom. The van der Waals surface area contributed by atoms with Crippen LogP contribution in [0.2, 0.25) is 0 Å². The highest BCUT2D eigenvalue weighted by molar-refractivity contribution is 5.93. The number of aromatic nitrogens is 2. The first kappa shape index (κ1) is 28.6. The second-order valence-corrected chi connectivity index (χ2v) is 10.0. The van der Waals surface area contributed by atoms with Crippen molar-refractivity contribution in [2.24, 2.45) is 0 Å². The Bertz CT molecular complexity index is 1530. The number of imidazole rings is 1. The van der Waals surface area contributed by atoms with Crippen molar-refractivity contribution in [2.45, 2.75) is 51.9 Å². The van der Waals surface area contributed by atoms with Gasteiger partial charge in [-0.25, -0.2) is 22.5 Å². The average Bonchev–Trinajstić information content (AvgIpc) is 3.32. The van der Waals surface area contributed by atoms with Crippen LogP contribution in [-0.4, -0.2) is 26.9 Å². The topological polar surface area (TPSA) is 81.9 Å². The van der Waals surface area contributed by atoms with Crippen LogP contribution in [0.25, 0.3) is 5.65 Å². The number of esters is 1. The summed E-state index contributed by atoms with van der Waals surface area (Å²) in [7, 11) is 0. The number of ether oxygens (including phenoxy) is 2. The zero-order chi connectivity index (χ0) is 29.0. The molecule has 1 unspecified atom stereocenters. The van der Waals surface area contributed by atoms with E-state index in [1.165, 1.54) is 28.8 Å². The van der Waals surface area contributed by atoms with Gasteiger partial charge in [-0.2, -0.15) is 0 Å². The van der Waals surface area contributed by atoms with Crippen LogP contribution >= 0.6 is 0 Å². The van der Waals surface area contributed by atoms with Gasteiger partial charge in [0.25, 0.3) is 5.91 Å². The van der Waals surface area contributed by atoms with Crippen LogP contribution in [0, 0.1) is 23.3 Å². The molecule has 0 aliphatic heterocycles. The van der Waals surface area contributed by atoms with Crippen LogP contribution in [0.5, 0.6) is 5.75 Å². The number of pyridine rings is 1. The molecule has 2 aromatic heterocycles. The second-order valence-electron chi connectivity index (χ2n) is 10.0. The van der Waals surface area contributed by atoms with Crippen LogP contribution in [0.15, 0.2) is 60.9 Å². The zero-order valence-corrected chi connectivity index (χ0v) is 22.0. The summed E-state index contributed by atoms with van der Waals surface area (Å²) in [5.74, 6) is -4.63. The summed E-state index contributed by atoms with van der Waals surface area (Å²) in [5, 5.41) is 2.75. The third-order valence-electron chi connectivity index (χ3n) is 5.87. The monoisotopic (exact) mass is 557 g/mol. The summed E-state index contributed by atoms with van der Waals surface area (Å²) in [6, 6.07) is 8.92. The molecule has 0 aliphatic rings. The van der Waals surface area contributed by atoms with E-state index in [0.29, 0.717) is 0 Å². The molecular formula is C29H27F4N3O4. The molecule has 11 heteroatoms. The molecule has 4 rings (SSSR count). The van der Waals surface area contributed by atoms with Gasteiger partial charge in [-0.1, -0.05) is 12.1 Å². The Kier molecular flexibility index (Phi) is 8.41. The largest absolute Gasteiger partial charge is 0.485 e. The fourth-order valence-electron chi connectivity index (χ4n) is 4.02. The first-order valence-electron chi connectivity index (χ1n) is 12.4. The fraction of sp³-hybridized carbons (Fsp3) is 0.276. The van der Waals surface area contributed by atoms with Crippen molar-refractivity contribution in [1.29, 1.82) is 0 Å². The number of amides is 1. The molecule has 40 heavy (non-hydrogen) atoms. The molecule has 0 fully saturated rings. The summed E-state index contributed by atoms with van der Waals surface area (Å²) < 4.78 is 68.0. The number of nitrogens with one attached hydrogen (secondary N) is 1. The highest BCUT2D eigenvalue weighted by Gasteiger charge is 2.23. The van der Waals surface area contributed by atoms with Crippen molar-refractivity contribution < 1.29 is 36.6 Å². The van der Waals surface area contributed by atoms with Crippen LogP contribution < -0.4 is 10.1 Å². The Hall–Kier alpha value is -4.41. The molecule has 1 atom stereocenters. The fourth-order valence-corrected chi connectivity index (χ4v) is 4.02. The molecule has 1 amide bonds. The molecule has 0 aliphatic carbocycles. The maximum atomic E-state index is 14.0. The SMILES string of the molecule is CC(C)(C)OC(=O)CCC(NC(=O)c1cnc2c(OCc3c(F)cccc3F)cccn12)c1ccc(F)c(F)c1. The Labute approximate surface area is 227 Å². The van der Waals surface area contributed by atoms with Gasteiger partial charge < -0.3 is 14.8 Å². The molecule has 0 spiro atoms. The van der Waals surface area contributed by atoms with E-state index in [2.05, 4.69) is 10.3 Å². The summed E-state index contributed by atoms with van der Waals surface area (Å²) in [6.07, 6.45) is 2.77. The number of fused-ring (bicyclic) bond motifs is 1. The first-order chi connectivity index (χ1) is 18.9. The minimum atomic E-state index is -1.10. The number of halogens is 4. The van der Waals surface area contributed by atoms with Gasteiger partial charge in [-0.3, -0.25) is 14.0 Å². The van der Waals surface area contributed by atoms with Crippen LogP contribution in [0.4, 0.5) is 17.6 Å². The number of benzene rings is 2. The van der Waals surface area contributed by atoms with E-state index in [9.17, 15) is 27.2 Å². The van der Waals surface area contributed by atoms with Crippen molar-refractivity contribution in [1.82, 2.24) is 14.7 Å². The van der Waals surface area contributed by atoms with Gasteiger partial charge in [0.2, 0.25) is 0 Å². The molecule has 7 nitrogen and oxygen atoms in total. The molecule has 2 heterocycles. The minimum absolute atomic E-state index is 0.0467. The lowest BCUT2D eigenvalue weighted by Crippen LogP contribution is -2.31. The van der Waals surface area contributed by atoms with E-state index in [1.807, 2.05) is 0 Å². The molecular weight excluding hydrogens is 530 g/mol. The lowest BCUT2D eigenvalue weighted by molar-refractivity contribution is -0.155. The third kappa shape index (κ3) is 6.77. The summed E-state index contributed by atoms with van der Waals surface area (Å²) in [5.41, 5.74) is -0.439. The lowest BCUT2D eigenvalue weighted by Gasteiger charge is -2.22. The number of carbonyl (C=O) groups excluding carboxylic acids is 2. The van der Waals surface area contributed by atoms with Crippen LogP contribution in [0.3, 0.4) is 0 Å². The van der Waals surface area contributed by atoms with Gasteiger partial charge in [0, 0.05) is 12.6 Å². The standard InChI is InChI=1S/C29H27F4N3O4/c1-29(2,3)40-26(37)12-11-23(17-9-10-21(32)22(33)14-17)35-28(38)24-15-34-27-25(8-5-13-36(24)27)39-16-18-19(30)6-4-7-20(18)31/h4-10,13-15,23H,11-12,16H2,1-3H3,(H,35,38). The van der Waals surface area contributed by atoms with Crippen molar-refractivity contribution in [3.05, 3.63) is 101 Å². The quantitative estimate of drug-likeness (QED) is 0.200. The number of hydrogen-bond donors (Lipinski definition) is 1. The van der Waals surface area contributed by atoms with Gasteiger partial charge in [-0.05, 0) is 69.2 Å². The van der Waals surface area contributed by atoms with Gasteiger partial charge in [0.1, 0.15) is 29.5 Å². The number of nitrogens with zero attached hydrogens (tertiary/aromatic N) is 2. The van der Waals surface area contributed by atoms with Gasteiger partial charge in [-0.15, -0.1) is 0 Å². The predicted octanol–water partition coefficient (Wildman–Crippen LogP) is 6.06. The van der Waals surface area contributed by atoms with Crippen LogP contribution in [0.1, 0.15) is 61.3 Å². The molecule has 4 aromatic rings. The van der Waals surface area contributed by atoms with E-state index in [1.54, 1.807) is 33.0 Å². The number of rotatable bonds is 9. The molecule has 0 saturated carbocycles. The lowest BCUT2D eigenvalue weighted by atomic mass is 10.0. The van der Waals surface area contributed by atoms with Gasteiger partial charge in [0.15, 0.2) is 23.0 Å². The summed E-state index contributed by atoms with van der Waals surface area (Å²) >= 11 is 0. The summed E-state index contributed by atoms with van der Waals surface area (Å²) in [6.45, 7) is 4.74. The van der Waals surface area contributed by atoms with E-state index in [0.717, 1.165) is 24.3 Å². The van der Waals surface area contributed by atoms with E-state index in [-0.39, 0.29) is 41.1 Å². The van der Waals surface area contributed by atoms with Crippen LogP contribution in [-0.2, 0) is 16.1 Å². The minimum Gasteiger partial charge on any atom is -0.485 e. The Morgan fingerprint density at radius 2 is 1.70 bits per heavy atom. The average molecular weight is 558 g/mol. The highest BCUT2D eigenvalue weighted by Crippen LogP contribution is 2.25. The maximum Gasteiger partial charge on any atom is 0.306 e. The van der Waals surface area contributed by atoms with Gasteiger partial charge in [0.05, 0.1) is 17.8 Å². The maximum absolute atomic E-state index is 14.0. The first-order valence-corrected chi connectivity index (χ1v) is 12.4. The van der Waals surface area contributed by atoms with Crippen molar-refractivity contribution in [2.75, 3.05) is 0 Å². The van der Waals surface area contributed by atoms with Crippen molar-refractivity contribution >= 4 is 17.5 Å². The molecule has 2 aromatic carbocycles. The molecule has 0 radical (unpaired) electrons. The molecule has 0 saturated heterocycles. The van der Waals surface area contributed by atoms with Crippen molar-refractivity contribution in [3.63, 3.8) is 0 Å². The molecule has 1 N–H and O–H groups in total. The normalized spacial score (nSPS) is 12.3. The smallest absolute Gasteiger partial charge is 0.306 e. The predicted molar refractivity (Wildman–Crippen MR) is 138 cm³/mol. The number of carbonyl (C=O) groups is 2. The van der Waals surface area contributed by atoms with E-state index < -0.39 is 53.4 Å². The Morgan fingerprint density at radius 3 is 2.38 bits per heavy atom. The van der Waals surface area contributed by atoms with E-state index in [4.69, 9.17) is 9.47 Å². The van der Waals surface area contributed by atoms with Crippen molar-refractivity contribution in [3.8, 4) is 5.75 Å². The van der Waals surface area contributed by atoms with E-state index >= 15 is 0 Å².